The highest BCUT2D eigenvalue weighted by Crippen LogP contribution is 2.31. The van der Waals surface area contributed by atoms with Gasteiger partial charge in [-0.3, -0.25) is 9.80 Å². The number of nitrogens with one attached hydrogen (secondary N) is 1. The highest BCUT2D eigenvalue weighted by Gasteiger charge is 2.27. The van der Waals surface area contributed by atoms with Crippen molar-refractivity contribution in [1.29, 1.82) is 0 Å². The Bertz CT molecular complexity index is 1340. The van der Waals surface area contributed by atoms with Crippen LogP contribution < -0.4 is 5.32 Å². The summed E-state index contributed by atoms with van der Waals surface area (Å²) in [6.07, 6.45) is 1.07. The quantitative estimate of drug-likeness (QED) is 0.0976. The van der Waals surface area contributed by atoms with Crippen molar-refractivity contribution >= 4 is 61.9 Å². The summed E-state index contributed by atoms with van der Waals surface area (Å²) in [6.45, 7) is 6.73. The predicted molar refractivity (Wildman–Crippen MR) is 188 cm³/mol. The van der Waals surface area contributed by atoms with Crippen molar-refractivity contribution in [3.05, 3.63) is 101 Å². The maximum absolute atomic E-state index is 5.00. The number of nitrogens with zero attached hydrogens (tertiary/aromatic N) is 5. The van der Waals surface area contributed by atoms with Gasteiger partial charge in [0.1, 0.15) is 11.6 Å². The van der Waals surface area contributed by atoms with Gasteiger partial charge in [0.25, 0.3) is 0 Å². The van der Waals surface area contributed by atoms with E-state index in [2.05, 4.69) is 152 Å². The smallest absolute Gasteiger partial charge is 0.145 e. The lowest BCUT2D eigenvalue weighted by Crippen LogP contribution is -2.47. The van der Waals surface area contributed by atoms with Gasteiger partial charge < -0.3 is 10.2 Å². The fraction of sp³-hybridized carbons (Fsp3) is 0.394. The van der Waals surface area contributed by atoms with Gasteiger partial charge in [-0.1, -0.05) is 106 Å². The van der Waals surface area contributed by atoms with Gasteiger partial charge >= 0.3 is 0 Å². The van der Waals surface area contributed by atoms with E-state index in [1.165, 1.54) is 22.3 Å². The number of halogens is 2. The maximum Gasteiger partial charge on any atom is 0.145 e. The molecule has 1 aromatic heterocycles. The van der Waals surface area contributed by atoms with Crippen molar-refractivity contribution in [2.24, 2.45) is 0 Å². The predicted octanol–water partition coefficient (Wildman–Crippen LogP) is 6.77. The molecule has 0 unspecified atom stereocenters. The molecule has 4 aromatic rings. The van der Waals surface area contributed by atoms with Crippen molar-refractivity contribution in [3.8, 4) is 0 Å². The molecule has 2 heterocycles. The van der Waals surface area contributed by atoms with Crippen molar-refractivity contribution in [2.45, 2.75) is 27.9 Å². The molecule has 0 bridgehead atoms. The second-order valence-corrected chi connectivity index (χ2v) is 12.6. The van der Waals surface area contributed by atoms with E-state index < -0.39 is 0 Å². The van der Waals surface area contributed by atoms with Crippen LogP contribution >= 0.6 is 45.2 Å². The molecule has 1 aliphatic rings. The highest BCUT2D eigenvalue weighted by atomic mass is 127. The molecule has 216 valence electrons. The first-order valence-corrected chi connectivity index (χ1v) is 17.5. The van der Waals surface area contributed by atoms with Crippen LogP contribution in [0.3, 0.4) is 0 Å². The van der Waals surface area contributed by atoms with Crippen molar-refractivity contribution < 1.29 is 0 Å². The third-order valence-corrected chi connectivity index (χ3v) is 9.52. The number of piperazine rings is 1. The third kappa shape index (κ3) is 8.16. The van der Waals surface area contributed by atoms with Crippen LogP contribution in [-0.4, -0.2) is 78.0 Å². The molecule has 8 heteroatoms. The minimum absolute atomic E-state index is 0.263. The summed E-state index contributed by atoms with van der Waals surface area (Å²) in [5, 5.41) is 4.68. The normalized spacial score (nSPS) is 14.8. The minimum Gasteiger partial charge on any atom is -0.369 e. The SMILES string of the molecule is CN(C)CCCNc1nc(CN2CCN(C(c3ccc(CI)cc3)c3ccc(CI)cc3)CC2)nc2ccccc12. The van der Waals surface area contributed by atoms with E-state index in [1.54, 1.807) is 0 Å². The van der Waals surface area contributed by atoms with Crippen LogP contribution in [0.25, 0.3) is 10.9 Å². The summed E-state index contributed by atoms with van der Waals surface area (Å²) < 4.78 is 2.08. The number of hydrogen-bond acceptors (Lipinski definition) is 6. The van der Waals surface area contributed by atoms with Gasteiger partial charge in [0.2, 0.25) is 0 Å². The Balaban J connectivity index is 1.29. The van der Waals surface area contributed by atoms with Crippen LogP contribution in [0.1, 0.15) is 40.5 Å². The van der Waals surface area contributed by atoms with Gasteiger partial charge in [-0.15, -0.1) is 0 Å². The highest BCUT2D eigenvalue weighted by molar-refractivity contribution is 14.1. The van der Waals surface area contributed by atoms with Gasteiger partial charge in [0.15, 0.2) is 0 Å². The van der Waals surface area contributed by atoms with Crippen molar-refractivity contribution in [3.63, 3.8) is 0 Å². The molecular formula is C33H40I2N6. The molecule has 5 rings (SSSR count). The molecule has 0 aliphatic carbocycles. The fourth-order valence-corrected chi connectivity index (χ4v) is 6.52. The second kappa shape index (κ2) is 15.0. The lowest BCUT2D eigenvalue weighted by Gasteiger charge is -2.39. The van der Waals surface area contributed by atoms with Gasteiger partial charge in [-0.2, -0.15) is 0 Å². The Morgan fingerprint density at radius 2 is 1.41 bits per heavy atom. The largest absolute Gasteiger partial charge is 0.369 e. The number of anilines is 1. The molecule has 1 N–H and O–H groups in total. The topological polar surface area (TPSA) is 47.5 Å². The van der Waals surface area contributed by atoms with E-state index in [-0.39, 0.29) is 6.04 Å². The molecule has 1 aliphatic heterocycles. The zero-order valence-electron chi connectivity index (χ0n) is 24.1. The Kier molecular flexibility index (Phi) is 11.2. The van der Waals surface area contributed by atoms with E-state index in [9.17, 15) is 0 Å². The molecular weight excluding hydrogens is 734 g/mol. The number of hydrogen-bond donors (Lipinski definition) is 1. The number of para-hydroxylation sites is 1. The fourth-order valence-electron chi connectivity index (χ4n) is 5.50. The van der Waals surface area contributed by atoms with Crippen LogP contribution in [0.5, 0.6) is 0 Å². The van der Waals surface area contributed by atoms with Gasteiger partial charge in [0, 0.05) is 47.0 Å². The van der Waals surface area contributed by atoms with E-state index in [0.717, 1.165) is 83.6 Å². The Morgan fingerprint density at radius 1 is 0.805 bits per heavy atom. The molecule has 6 nitrogen and oxygen atoms in total. The zero-order chi connectivity index (χ0) is 28.6. The van der Waals surface area contributed by atoms with E-state index in [1.807, 2.05) is 0 Å². The first-order valence-electron chi connectivity index (χ1n) is 14.4. The lowest BCUT2D eigenvalue weighted by molar-refractivity contribution is 0.103. The summed E-state index contributed by atoms with van der Waals surface area (Å²) in [5.41, 5.74) is 6.51. The molecule has 3 aromatic carbocycles. The molecule has 0 spiro atoms. The first kappa shape index (κ1) is 30.6. The molecule has 1 fully saturated rings. The number of alkyl halides is 2. The molecule has 41 heavy (non-hydrogen) atoms. The monoisotopic (exact) mass is 774 g/mol. The molecule has 0 saturated carbocycles. The lowest BCUT2D eigenvalue weighted by atomic mass is 9.95. The number of aromatic nitrogens is 2. The number of fused-ring (bicyclic) bond motifs is 1. The Labute approximate surface area is 272 Å². The summed E-state index contributed by atoms with van der Waals surface area (Å²) in [7, 11) is 4.23. The molecule has 1 saturated heterocycles. The van der Waals surface area contributed by atoms with E-state index >= 15 is 0 Å². The number of benzene rings is 3. The summed E-state index contributed by atoms with van der Waals surface area (Å²) >= 11 is 4.88. The minimum atomic E-state index is 0.263. The standard InChI is InChI=1S/C33H40I2N6/c1-39(2)17-5-16-36-33-29-6-3-4-7-30(29)37-31(38-33)24-40-18-20-41(21-19-40)32(27-12-8-25(22-34)9-13-27)28-14-10-26(23-35)11-15-28/h3-4,6-15,32H,5,16-24H2,1-2H3,(H,36,37,38). The third-order valence-electron chi connectivity index (χ3n) is 7.76. The second-order valence-electron chi connectivity index (χ2n) is 11.1. The van der Waals surface area contributed by atoms with E-state index in [4.69, 9.17) is 9.97 Å². The Morgan fingerprint density at radius 3 is 2.00 bits per heavy atom. The van der Waals surface area contributed by atoms with Crippen LogP contribution in [0, 0.1) is 0 Å². The average Bonchev–Trinajstić information content (AvgIpc) is 3.01. The van der Waals surface area contributed by atoms with Gasteiger partial charge in [0.05, 0.1) is 18.1 Å². The molecule has 0 atom stereocenters. The van der Waals surface area contributed by atoms with Crippen LogP contribution in [0.4, 0.5) is 5.82 Å². The first-order chi connectivity index (χ1) is 20.0. The average molecular weight is 775 g/mol. The van der Waals surface area contributed by atoms with E-state index in [0.29, 0.717) is 0 Å². The molecule has 0 radical (unpaired) electrons. The maximum atomic E-state index is 5.00. The van der Waals surface area contributed by atoms with Crippen molar-refractivity contribution in [1.82, 2.24) is 24.7 Å². The Hall–Kier alpha value is -1.86. The van der Waals surface area contributed by atoms with Crippen LogP contribution in [-0.2, 0) is 15.4 Å². The van der Waals surface area contributed by atoms with Gasteiger partial charge in [-0.05, 0) is 61.4 Å². The van der Waals surface area contributed by atoms with Crippen molar-refractivity contribution in [2.75, 3.05) is 58.7 Å². The number of rotatable bonds is 12. The molecule has 0 amide bonds. The zero-order valence-corrected chi connectivity index (χ0v) is 28.4. The summed E-state index contributed by atoms with van der Waals surface area (Å²) in [4.78, 5) is 17.3. The summed E-state index contributed by atoms with van der Waals surface area (Å²) in [5.74, 6) is 1.85. The summed E-state index contributed by atoms with van der Waals surface area (Å²) in [6, 6.07) is 27.1. The van der Waals surface area contributed by atoms with Crippen LogP contribution in [0.2, 0.25) is 0 Å². The van der Waals surface area contributed by atoms with Crippen LogP contribution in [0.15, 0.2) is 72.8 Å². The van der Waals surface area contributed by atoms with Gasteiger partial charge in [-0.25, -0.2) is 9.97 Å².